The average molecular weight is 701 g/mol. The number of hydrogen-bond donors (Lipinski definition) is 1. The van der Waals surface area contributed by atoms with Gasteiger partial charge in [0.1, 0.15) is 27.1 Å². The minimum Gasteiger partial charge on any atom is -0.619 e. The normalized spacial score (nSPS) is 14.6. The van der Waals surface area contributed by atoms with Gasteiger partial charge in [0, 0.05) is 42.4 Å². The second-order valence-electron chi connectivity index (χ2n) is 11.2. The zero-order valence-corrected chi connectivity index (χ0v) is 28.4. The maximum atomic E-state index is 13.5. The number of rotatable bonds is 14. The second-order valence-corrected chi connectivity index (χ2v) is 13.2. The van der Waals surface area contributed by atoms with E-state index in [-0.39, 0.29) is 22.4 Å². The number of ether oxygens (including phenoxy) is 4. The number of carbonyl (C=O) groups is 2. The number of carbonyl (C=O) groups excluding carboxylic acids is 2. The first kappa shape index (κ1) is 34.5. The molecule has 0 amide bonds. The van der Waals surface area contributed by atoms with Gasteiger partial charge in [-0.1, -0.05) is 59.6 Å². The summed E-state index contributed by atoms with van der Waals surface area (Å²) in [5, 5.41) is 15.4. The monoisotopic (exact) mass is 699 g/mol. The standard InChI is InChI=1S/C34H35Cl2N3O7S/c1-38-16-21(17-38)20-45-34(41)32(22-7-5-4-6-8-22)37-15-24-10-12-31(47-24)33(40)46-29(14-25-26(35)18-39(42)19-27(25)36)23-9-11-28(43-2)30(13-23)44-3/h4-13,18-19,21,29,32,37H,14-17,20H2,1-3H3/t29-,32?/m0/s1. The van der Waals surface area contributed by atoms with Gasteiger partial charge in [-0.2, -0.15) is 4.73 Å². The number of benzene rings is 2. The van der Waals surface area contributed by atoms with Crippen molar-refractivity contribution in [2.75, 3.05) is 41.0 Å². The van der Waals surface area contributed by atoms with E-state index in [1.165, 1.54) is 38.0 Å². The van der Waals surface area contributed by atoms with Crippen LogP contribution in [0.5, 0.6) is 11.5 Å². The van der Waals surface area contributed by atoms with Crippen LogP contribution in [-0.2, 0) is 27.2 Å². The number of likely N-dealkylation sites (tertiary alicyclic amines) is 1. The average Bonchev–Trinajstić information content (AvgIpc) is 3.53. The summed E-state index contributed by atoms with van der Waals surface area (Å²) in [4.78, 5) is 30.0. The van der Waals surface area contributed by atoms with Crippen LogP contribution < -0.4 is 19.5 Å². The van der Waals surface area contributed by atoms with Gasteiger partial charge in [-0.15, -0.1) is 11.3 Å². The summed E-state index contributed by atoms with van der Waals surface area (Å²) in [5.74, 6) is 0.386. The number of thiophene rings is 1. The van der Waals surface area contributed by atoms with Crippen molar-refractivity contribution in [3.05, 3.63) is 115 Å². The molecule has 248 valence electrons. The summed E-state index contributed by atoms with van der Waals surface area (Å²) < 4.78 is 23.1. The van der Waals surface area contributed by atoms with Gasteiger partial charge in [-0.05, 0) is 42.4 Å². The van der Waals surface area contributed by atoms with Crippen LogP contribution in [0, 0.1) is 11.1 Å². The van der Waals surface area contributed by atoms with Crippen molar-refractivity contribution in [2.24, 2.45) is 5.92 Å². The first-order valence-electron chi connectivity index (χ1n) is 14.9. The van der Waals surface area contributed by atoms with Gasteiger partial charge in [0.25, 0.3) is 0 Å². The lowest BCUT2D eigenvalue weighted by Crippen LogP contribution is -2.46. The zero-order valence-electron chi connectivity index (χ0n) is 26.1. The number of nitrogens with zero attached hydrogens (tertiary/aromatic N) is 2. The number of nitrogens with one attached hydrogen (secondary N) is 1. The molecule has 0 aliphatic carbocycles. The van der Waals surface area contributed by atoms with Gasteiger partial charge in [-0.3, -0.25) is 5.32 Å². The molecule has 0 spiro atoms. The zero-order chi connectivity index (χ0) is 33.5. The maximum Gasteiger partial charge on any atom is 0.348 e. The van der Waals surface area contributed by atoms with Crippen molar-refractivity contribution in [3.63, 3.8) is 0 Å². The van der Waals surface area contributed by atoms with Crippen LogP contribution >= 0.6 is 34.5 Å². The number of aromatic nitrogens is 1. The van der Waals surface area contributed by atoms with E-state index in [0.717, 1.165) is 23.5 Å². The molecule has 2 atom stereocenters. The van der Waals surface area contributed by atoms with E-state index >= 15 is 0 Å². The molecule has 1 aliphatic rings. The van der Waals surface area contributed by atoms with E-state index in [2.05, 4.69) is 10.2 Å². The van der Waals surface area contributed by atoms with E-state index in [0.29, 0.717) is 51.3 Å². The van der Waals surface area contributed by atoms with E-state index in [1.807, 2.05) is 43.4 Å². The predicted octanol–water partition coefficient (Wildman–Crippen LogP) is 5.78. The molecular formula is C34H35Cl2N3O7S. The Kier molecular flexibility index (Phi) is 11.6. The highest BCUT2D eigenvalue weighted by Gasteiger charge is 2.28. The summed E-state index contributed by atoms with van der Waals surface area (Å²) in [5.41, 5.74) is 1.85. The Morgan fingerprint density at radius 3 is 2.36 bits per heavy atom. The molecule has 0 bridgehead atoms. The lowest BCUT2D eigenvalue weighted by atomic mass is 10.0. The fourth-order valence-electron chi connectivity index (χ4n) is 5.36. The lowest BCUT2D eigenvalue weighted by molar-refractivity contribution is -0.605. The van der Waals surface area contributed by atoms with Gasteiger partial charge >= 0.3 is 11.9 Å². The van der Waals surface area contributed by atoms with Gasteiger partial charge in [0.05, 0.1) is 20.8 Å². The minimum atomic E-state index is -0.837. The Bertz CT molecular complexity index is 1680. The molecule has 4 aromatic rings. The van der Waals surface area contributed by atoms with Gasteiger partial charge in [-0.25, -0.2) is 9.59 Å². The molecule has 2 aromatic heterocycles. The van der Waals surface area contributed by atoms with Gasteiger partial charge in [0.15, 0.2) is 23.9 Å². The highest BCUT2D eigenvalue weighted by molar-refractivity contribution is 7.13. The summed E-state index contributed by atoms with van der Waals surface area (Å²) in [6.45, 7) is 2.51. The first-order chi connectivity index (χ1) is 22.6. The van der Waals surface area contributed by atoms with Crippen LogP contribution in [0.15, 0.2) is 73.1 Å². The Hall–Kier alpha value is -3.87. The number of esters is 2. The molecule has 0 saturated carbocycles. The van der Waals surface area contributed by atoms with Gasteiger partial charge < -0.3 is 29.1 Å². The largest absolute Gasteiger partial charge is 0.619 e. The molecule has 2 aromatic carbocycles. The molecule has 1 aliphatic heterocycles. The molecule has 1 N–H and O–H groups in total. The van der Waals surface area contributed by atoms with Crippen LogP contribution in [0.1, 0.15) is 43.4 Å². The Morgan fingerprint density at radius 1 is 1.00 bits per heavy atom. The number of methoxy groups -OCH3 is 2. The summed E-state index contributed by atoms with van der Waals surface area (Å²) in [7, 11) is 5.07. The molecule has 1 fully saturated rings. The van der Waals surface area contributed by atoms with Crippen molar-refractivity contribution in [1.82, 2.24) is 10.2 Å². The van der Waals surface area contributed by atoms with Crippen molar-refractivity contribution in [2.45, 2.75) is 25.1 Å². The second kappa shape index (κ2) is 15.8. The Labute approximate surface area is 287 Å². The van der Waals surface area contributed by atoms with E-state index in [1.54, 1.807) is 24.3 Å². The molecule has 1 saturated heterocycles. The third-order valence-electron chi connectivity index (χ3n) is 7.79. The van der Waals surface area contributed by atoms with Crippen LogP contribution in [0.2, 0.25) is 10.0 Å². The number of pyridine rings is 1. The van der Waals surface area contributed by atoms with Gasteiger partial charge in [0.2, 0.25) is 0 Å². The first-order valence-corrected chi connectivity index (χ1v) is 16.4. The van der Waals surface area contributed by atoms with E-state index in [4.69, 9.17) is 42.1 Å². The topological polar surface area (TPSA) is 113 Å². The fraction of sp³-hybridized carbons (Fsp3) is 0.324. The maximum absolute atomic E-state index is 13.5. The molecule has 47 heavy (non-hydrogen) atoms. The minimum absolute atomic E-state index is 0.0948. The van der Waals surface area contributed by atoms with Crippen molar-refractivity contribution in [3.8, 4) is 11.5 Å². The third-order valence-corrected chi connectivity index (χ3v) is 9.51. The Balaban J connectivity index is 1.31. The molecule has 5 rings (SSSR count). The SMILES string of the molecule is COc1ccc([C@H](Cc2c(Cl)c[n+]([O-])cc2Cl)OC(=O)c2ccc(CNC(C(=O)OCC3CN(C)C3)c3ccccc3)s2)cc1OC. The van der Waals surface area contributed by atoms with E-state index < -0.39 is 18.1 Å². The highest BCUT2D eigenvalue weighted by Crippen LogP contribution is 2.36. The highest BCUT2D eigenvalue weighted by atomic mass is 35.5. The van der Waals surface area contributed by atoms with Crippen LogP contribution in [0.25, 0.3) is 0 Å². The molecule has 3 heterocycles. The third kappa shape index (κ3) is 8.74. The molecule has 13 heteroatoms. The molecule has 1 unspecified atom stereocenters. The molecular weight excluding hydrogens is 665 g/mol. The summed E-state index contributed by atoms with van der Waals surface area (Å²) in [6.07, 6.45) is 1.65. The fourth-order valence-corrected chi connectivity index (χ4v) is 6.80. The van der Waals surface area contributed by atoms with Crippen LogP contribution in [-0.4, -0.2) is 57.8 Å². The van der Waals surface area contributed by atoms with Crippen molar-refractivity contribution >= 4 is 46.5 Å². The van der Waals surface area contributed by atoms with Crippen molar-refractivity contribution < 1.29 is 33.3 Å². The predicted molar refractivity (Wildman–Crippen MR) is 179 cm³/mol. The number of halogens is 2. The Morgan fingerprint density at radius 2 is 1.70 bits per heavy atom. The molecule has 0 radical (unpaired) electrons. The van der Waals surface area contributed by atoms with E-state index in [9.17, 15) is 14.8 Å². The quantitative estimate of drug-likeness (QED) is 0.0994. The summed E-state index contributed by atoms with van der Waals surface area (Å²) in [6, 6.07) is 17.4. The molecule has 10 nitrogen and oxygen atoms in total. The smallest absolute Gasteiger partial charge is 0.348 e. The lowest BCUT2D eigenvalue weighted by Gasteiger charge is -2.35. The number of hydrogen-bond acceptors (Lipinski definition) is 10. The van der Waals surface area contributed by atoms with Crippen LogP contribution in [0.4, 0.5) is 0 Å². The van der Waals surface area contributed by atoms with Crippen LogP contribution in [0.3, 0.4) is 0 Å². The summed E-state index contributed by atoms with van der Waals surface area (Å²) >= 11 is 14.0. The van der Waals surface area contributed by atoms with Crippen molar-refractivity contribution in [1.29, 1.82) is 0 Å².